The minimum atomic E-state index is -0.260. The number of nitrogens with one attached hydrogen (secondary N) is 1. The van der Waals surface area contributed by atoms with E-state index in [1.165, 1.54) is 11.8 Å². The Morgan fingerprint density at radius 3 is 2.62 bits per heavy atom. The highest BCUT2D eigenvalue weighted by Crippen LogP contribution is 2.31. The molecule has 4 rings (SSSR count). The van der Waals surface area contributed by atoms with Gasteiger partial charge in [-0.3, -0.25) is 4.79 Å². The highest BCUT2D eigenvalue weighted by molar-refractivity contribution is 7.98. The lowest BCUT2D eigenvalue weighted by Gasteiger charge is -2.13. The van der Waals surface area contributed by atoms with Gasteiger partial charge in [0.2, 0.25) is 0 Å². The summed E-state index contributed by atoms with van der Waals surface area (Å²) < 4.78 is 11.9. The Morgan fingerprint density at radius 1 is 1.06 bits per heavy atom. The van der Waals surface area contributed by atoms with Gasteiger partial charge < -0.3 is 14.5 Å². The average molecular weight is 448 g/mol. The molecular weight excluding hydrogens is 422 g/mol. The number of hydrogen-bond donors (Lipinski definition) is 1. The van der Waals surface area contributed by atoms with Gasteiger partial charge >= 0.3 is 0 Å². The number of benzene rings is 2. The molecule has 0 aliphatic carbocycles. The van der Waals surface area contributed by atoms with Crippen molar-refractivity contribution in [3.05, 3.63) is 83.9 Å². The Labute approximate surface area is 191 Å². The number of para-hydroxylation sites is 2. The fraction of sp³-hybridized carbons (Fsp3) is 0.240. The quantitative estimate of drug-likeness (QED) is 0.270. The van der Waals surface area contributed by atoms with Crippen LogP contribution in [0.5, 0.6) is 5.75 Å². The third kappa shape index (κ3) is 5.29. The summed E-state index contributed by atoms with van der Waals surface area (Å²) >= 11 is 1.47. The zero-order valence-corrected chi connectivity index (χ0v) is 18.9. The van der Waals surface area contributed by atoms with E-state index in [1.807, 2.05) is 48.5 Å². The summed E-state index contributed by atoms with van der Waals surface area (Å²) in [6, 6.07) is 17.2. The molecule has 2 aromatic carbocycles. The molecule has 32 heavy (non-hydrogen) atoms. The van der Waals surface area contributed by atoms with Crippen molar-refractivity contribution < 1.29 is 13.9 Å². The molecular formula is C25H25N3O3S. The zero-order chi connectivity index (χ0) is 22.3. The number of rotatable bonds is 9. The maximum Gasteiger partial charge on any atom is 0.287 e. The van der Waals surface area contributed by atoms with E-state index in [1.54, 1.807) is 18.5 Å². The molecule has 164 valence electrons. The number of carbonyl (C=O) groups excluding carboxylic acids is 1. The molecule has 2 aromatic heterocycles. The van der Waals surface area contributed by atoms with Crippen molar-refractivity contribution in [2.75, 3.05) is 6.61 Å². The van der Waals surface area contributed by atoms with E-state index in [4.69, 9.17) is 9.15 Å². The molecule has 0 aliphatic rings. The fourth-order valence-corrected chi connectivity index (χ4v) is 4.06. The molecule has 7 heteroatoms. The molecule has 0 aliphatic heterocycles. The van der Waals surface area contributed by atoms with E-state index in [2.05, 4.69) is 29.1 Å². The standard InChI is InChI=1S/C25H25N3O3S/c1-17(2)15-30-21-10-5-3-8-18(21)14-28-24(29)23-20(16-32-25-26-12-7-13-27-25)19-9-4-6-11-22(19)31-23/h3-13,17H,14-16H2,1-2H3,(H,28,29). The molecule has 0 fully saturated rings. The van der Waals surface area contributed by atoms with Crippen LogP contribution in [0.25, 0.3) is 11.0 Å². The van der Waals surface area contributed by atoms with Gasteiger partial charge in [0, 0.05) is 41.2 Å². The highest BCUT2D eigenvalue weighted by Gasteiger charge is 2.21. The van der Waals surface area contributed by atoms with Crippen LogP contribution in [0.1, 0.15) is 35.5 Å². The van der Waals surface area contributed by atoms with Gasteiger partial charge in [-0.1, -0.05) is 62.0 Å². The summed E-state index contributed by atoms with van der Waals surface area (Å²) in [6.45, 7) is 5.17. The zero-order valence-electron chi connectivity index (χ0n) is 18.1. The Kier molecular flexibility index (Phi) is 7.07. The van der Waals surface area contributed by atoms with Crippen LogP contribution >= 0.6 is 11.8 Å². The monoisotopic (exact) mass is 447 g/mol. The van der Waals surface area contributed by atoms with Crippen molar-refractivity contribution >= 4 is 28.6 Å². The number of aromatic nitrogens is 2. The van der Waals surface area contributed by atoms with E-state index >= 15 is 0 Å². The first-order chi connectivity index (χ1) is 15.6. The van der Waals surface area contributed by atoms with Crippen molar-refractivity contribution in [1.29, 1.82) is 0 Å². The minimum absolute atomic E-state index is 0.260. The van der Waals surface area contributed by atoms with Gasteiger partial charge in [-0.05, 0) is 24.1 Å². The number of fused-ring (bicyclic) bond motifs is 1. The molecule has 0 radical (unpaired) electrons. The van der Waals surface area contributed by atoms with Crippen molar-refractivity contribution in [2.45, 2.75) is 31.3 Å². The van der Waals surface area contributed by atoms with Gasteiger partial charge in [0.15, 0.2) is 10.9 Å². The van der Waals surface area contributed by atoms with Gasteiger partial charge in [0.05, 0.1) is 6.61 Å². The summed E-state index contributed by atoms with van der Waals surface area (Å²) in [7, 11) is 0. The van der Waals surface area contributed by atoms with E-state index < -0.39 is 0 Å². The fourth-order valence-electron chi connectivity index (χ4n) is 3.23. The van der Waals surface area contributed by atoms with Crippen LogP contribution < -0.4 is 10.1 Å². The Morgan fingerprint density at radius 2 is 1.81 bits per heavy atom. The Bertz CT molecular complexity index is 1190. The molecule has 0 atom stereocenters. The minimum Gasteiger partial charge on any atom is -0.493 e. The van der Waals surface area contributed by atoms with Crippen LogP contribution in [0.3, 0.4) is 0 Å². The van der Waals surface area contributed by atoms with Gasteiger partial charge in [0.1, 0.15) is 11.3 Å². The molecule has 0 saturated heterocycles. The molecule has 0 spiro atoms. The first kappa shape index (κ1) is 21.9. The lowest BCUT2D eigenvalue weighted by Crippen LogP contribution is -2.23. The number of ether oxygens (including phenoxy) is 1. The number of amides is 1. The predicted molar refractivity (Wildman–Crippen MR) is 126 cm³/mol. The first-order valence-electron chi connectivity index (χ1n) is 10.5. The van der Waals surface area contributed by atoms with E-state index in [0.717, 1.165) is 22.3 Å². The average Bonchev–Trinajstić information content (AvgIpc) is 3.19. The molecule has 4 aromatic rings. The van der Waals surface area contributed by atoms with Crippen molar-refractivity contribution in [2.24, 2.45) is 5.92 Å². The highest BCUT2D eigenvalue weighted by atomic mass is 32.2. The summed E-state index contributed by atoms with van der Waals surface area (Å²) in [5.74, 6) is 1.78. The van der Waals surface area contributed by atoms with Gasteiger partial charge in [-0.25, -0.2) is 9.97 Å². The number of nitrogens with zero attached hydrogens (tertiary/aromatic N) is 2. The van der Waals surface area contributed by atoms with Crippen molar-refractivity contribution in [1.82, 2.24) is 15.3 Å². The van der Waals surface area contributed by atoms with Crippen molar-refractivity contribution in [3.63, 3.8) is 0 Å². The number of carbonyl (C=O) groups is 1. The lowest BCUT2D eigenvalue weighted by molar-refractivity contribution is 0.0924. The van der Waals surface area contributed by atoms with E-state index in [-0.39, 0.29) is 5.91 Å². The summed E-state index contributed by atoms with van der Waals surface area (Å²) in [4.78, 5) is 21.6. The lowest BCUT2D eigenvalue weighted by atomic mass is 10.1. The second kappa shape index (κ2) is 10.3. The SMILES string of the molecule is CC(C)COc1ccccc1CNC(=O)c1oc2ccccc2c1CSc1ncccn1. The normalized spacial score (nSPS) is 11.1. The van der Waals surface area contributed by atoms with E-state index in [9.17, 15) is 4.79 Å². The van der Waals surface area contributed by atoms with Crippen molar-refractivity contribution in [3.8, 4) is 5.75 Å². The van der Waals surface area contributed by atoms with Crippen LogP contribution in [-0.4, -0.2) is 22.5 Å². The smallest absolute Gasteiger partial charge is 0.287 e. The molecule has 2 heterocycles. The maximum atomic E-state index is 13.1. The molecule has 0 unspecified atom stereocenters. The van der Waals surface area contributed by atoms with Crippen LogP contribution in [0.4, 0.5) is 0 Å². The molecule has 1 amide bonds. The predicted octanol–water partition coefficient (Wildman–Crippen LogP) is 5.48. The van der Waals surface area contributed by atoms with Crippen LogP contribution in [0.15, 0.2) is 76.6 Å². The molecule has 0 bridgehead atoms. The number of furan rings is 1. The molecule has 0 saturated carbocycles. The Hall–Kier alpha value is -3.32. The second-order valence-electron chi connectivity index (χ2n) is 7.72. The summed E-state index contributed by atoms with van der Waals surface area (Å²) in [5, 5.41) is 4.56. The van der Waals surface area contributed by atoms with Gasteiger partial charge in [-0.2, -0.15) is 0 Å². The third-order valence-electron chi connectivity index (χ3n) is 4.78. The third-order valence-corrected chi connectivity index (χ3v) is 5.68. The second-order valence-corrected chi connectivity index (χ2v) is 8.66. The maximum absolute atomic E-state index is 13.1. The first-order valence-corrected chi connectivity index (χ1v) is 11.5. The van der Waals surface area contributed by atoms with Gasteiger partial charge in [0.25, 0.3) is 5.91 Å². The van der Waals surface area contributed by atoms with Crippen LogP contribution in [0, 0.1) is 5.92 Å². The number of thioether (sulfide) groups is 1. The Balaban J connectivity index is 1.52. The van der Waals surface area contributed by atoms with Crippen LogP contribution in [-0.2, 0) is 12.3 Å². The largest absolute Gasteiger partial charge is 0.493 e. The topological polar surface area (TPSA) is 77.2 Å². The number of hydrogen-bond acceptors (Lipinski definition) is 6. The van der Waals surface area contributed by atoms with Crippen LogP contribution in [0.2, 0.25) is 0 Å². The summed E-state index contributed by atoms with van der Waals surface area (Å²) in [5.41, 5.74) is 2.44. The molecule has 1 N–H and O–H groups in total. The summed E-state index contributed by atoms with van der Waals surface area (Å²) in [6.07, 6.45) is 3.41. The van der Waals surface area contributed by atoms with E-state index in [0.29, 0.717) is 41.3 Å². The van der Waals surface area contributed by atoms with Gasteiger partial charge in [-0.15, -0.1) is 0 Å². The molecule has 6 nitrogen and oxygen atoms in total.